The fourth-order valence-corrected chi connectivity index (χ4v) is 2.97. The molecule has 1 fully saturated rings. The number of hydrogen-bond acceptors (Lipinski definition) is 3. The zero-order valence-corrected chi connectivity index (χ0v) is 11.0. The minimum atomic E-state index is 0.495. The van der Waals surface area contributed by atoms with Crippen LogP contribution in [0.2, 0.25) is 0 Å². The number of oxazole rings is 1. The molecule has 3 atom stereocenters. The van der Waals surface area contributed by atoms with Crippen LogP contribution in [0, 0.1) is 11.8 Å². The second kappa shape index (κ2) is 4.63. The summed E-state index contributed by atoms with van der Waals surface area (Å²) in [6.07, 6.45) is 3.79. The van der Waals surface area contributed by atoms with Gasteiger partial charge < -0.3 is 9.73 Å². The van der Waals surface area contributed by atoms with Crippen molar-refractivity contribution in [1.29, 1.82) is 0 Å². The second-order valence-corrected chi connectivity index (χ2v) is 5.63. The first-order chi connectivity index (χ1) is 8.72. The molecule has 96 valence electrons. The van der Waals surface area contributed by atoms with Gasteiger partial charge in [0.15, 0.2) is 5.58 Å². The number of aromatic nitrogens is 1. The van der Waals surface area contributed by atoms with Gasteiger partial charge in [0.05, 0.1) is 0 Å². The van der Waals surface area contributed by atoms with Crippen LogP contribution in [-0.4, -0.2) is 11.0 Å². The summed E-state index contributed by atoms with van der Waals surface area (Å²) in [5.74, 6) is 1.53. The number of benzene rings is 1. The molecular weight excluding hydrogens is 224 g/mol. The van der Waals surface area contributed by atoms with Gasteiger partial charge in [-0.25, -0.2) is 0 Å². The molecule has 1 N–H and O–H groups in total. The molecule has 0 saturated heterocycles. The molecule has 0 spiro atoms. The van der Waals surface area contributed by atoms with Crippen molar-refractivity contribution < 1.29 is 4.42 Å². The van der Waals surface area contributed by atoms with Crippen molar-refractivity contribution in [3.63, 3.8) is 0 Å². The van der Waals surface area contributed by atoms with Crippen molar-refractivity contribution in [2.45, 2.75) is 39.2 Å². The average molecular weight is 244 g/mol. The minimum absolute atomic E-state index is 0.495. The SMILES string of the molecule is CC1CCC(Nc2nc3ccccc3o2)C(C)C1. The van der Waals surface area contributed by atoms with E-state index in [1.807, 2.05) is 24.3 Å². The zero-order valence-electron chi connectivity index (χ0n) is 11.0. The molecule has 1 aromatic carbocycles. The van der Waals surface area contributed by atoms with E-state index >= 15 is 0 Å². The Labute approximate surface area is 108 Å². The summed E-state index contributed by atoms with van der Waals surface area (Å²) < 4.78 is 5.72. The highest BCUT2D eigenvalue weighted by molar-refractivity contribution is 5.74. The van der Waals surface area contributed by atoms with Crippen LogP contribution in [0.3, 0.4) is 0 Å². The Morgan fingerprint density at radius 1 is 1.22 bits per heavy atom. The highest BCUT2D eigenvalue weighted by atomic mass is 16.4. The van der Waals surface area contributed by atoms with Gasteiger partial charge in [-0.1, -0.05) is 26.0 Å². The van der Waals surface area contributed by atoms with E-state index in [4.69, 9.17) is 4.42 Å². The Hall–Kier alpha value is -1.51. The van der Waals surface area contributed by atoms with E-state index in [1.54, 1.807) is 0 Å². The predicted molar refractivity (Wildman–Crippen MR) is 73.6 cm³/mol. The molecule has 1 aliphatic rings. The quantitative estimate of drug-likeness (QED) is 0.865. The third kappa shape index (κ3) is 2.22. The number of hydrogen-bond donors (Lipinski definition) is 1. The van der Waals surface area contributed by atoms with E-state index in [-0.39, 0.29) is 0 Å². The number of para-hydroxylation sites is 2. The van der Waals surface area contributed by atoms with Crippen molar-refractivity contribution in [2.75, 3.05) is 5.32 Å². The summed E-state index contributed by atoms with van der Waals surface area (Å²) in [6, 6.07) is 9.06. The first kappa shape index (κ1) is 11.6. The van der Waals surface area contributed by atoms with Crippen LogP contribution >= 0.6 is 0 Å². The van der Waals surface area contributed by atoms with Gasteiger partial charge >= 0.3 is 0 Å². The van der Waals surface area contributed by atoms with Gasteiger partial charge in [0.2, 0.25) is 0 Å². The maximum absolute atomic E-state index is 5.72. The van der Waals surface area contributed by atoms with Crippen LogP contribution in [0.1, 0.15) is 33.1 Å². The molecule has 0 radical (unpaired) electrons. The standard InChI is InChI=1S/C15H20N2O/c1-10-7-8-12(11(2)9-10)16-15-17-13-5-3-4-6-14(13)18-15/h3-6,10-12H,7-9H2,1-2H3,(H,16,17). The highest BCUT2D eigenvalue weighted by Crippen LogP contribution is 2.31. The van der Waals surface area contributed by atoms with E-state index in [0.717, 1.165) is 17.0 Å². The van der Waals surface area contributed by atoms with Gasteiger partial charge in [0, 0.05) is 6.04 Å². The van der Waals surface area contributed by atoms with Gasteiger partial charge in [-0.3, -0.25) is 0 Å². The fraction of sp³-hybridized carbons (Fsp3) is 0.533. The third-order valence-corrected chi connectivity index (χ3v) is 4.03. The summed E-state index contributed by atoms with van der Waals surface area (Å²) in [5, 5.41) is 3.46. The van der Waals surface area contributed by atoms with Crippen LogP contribution in [0.15, 0.2) is 28.7 Å². The summed E-state index contributed by atoms with van der Waals surface area (Å²) in [6.45, 7) is 4.65. The molecule has 0 aliphatic heterocycles. The summed E-state index contributed by atoms with van der Waals surface area (Å²) >= 11 is 0. The normalized spacial score (nSPS) is 28.4. The molecule has 3 heteroatoms. The summed E-state index contributed by atoms with van der Waals surface area (Å²) in [4.78, 5) is 4.48. The number of anilines is 1. The molecule has 1 aliphatic carbocycles. The maximum Gasteiger partial charge on any atom is 0.295 e. The van der Waals surface area contributed by atoms with E-state index < -0.39 is 0 Å². The monoisotopic (exact) mass is 244 g/mol. The topological polar surface area (TPSA) is 38.1 Å². The summed E-state index contributed by atoms with van der Waals surface area (Å²) in [5.41, 5.74) is 1.79. The number of nitrogens with one attached hydrogen (secondary N) is 1. The second-order valence-electron chi connectivity index (χ2n) is 5.63. The predicted octanol–water partition coefficient (Wildman–Crippen LogP) is 4.06. The lowest BCUT2D eigenvalue weighted by Crippen LogP contribution is -2.33. The summed E-state index contributed by atoms with van der Waals surface area (Å²) in [7, 11) is 0. The number of nitrogens with zero attached hydrogens (tertiary/aromatic N) is 1. The van der Waals surface area contributed by atoms with Crippen molar-refractivity contribution in [1.82, 2.24) is 4.98 Å². The Balaban J connectivity index is 1.75. The zero-order chi connectivity index (χ0) is 12.5. The molecule has 3 rings (SSSR count). The van der Waals surface area contributed by atoms with Crippen molar-refractivity contribution in [3.05, 3.63) is 24.3 Å². The molecular formula is C15H20N2O. The van der Waals surface area contributed by atoms with Crippen LogP contribution in [0.4, 0.5) is 6.01 Å². The Kier molecular flexibility index (Phi) is 2.98. The Morgan fingerprint density at radius 3 is 2.83 bits per heavy atom. The lowest BCUT2D eigenvalue weighted by molar-refractivity contribution is 0.273. The first-order valence-electron chi connectivity index (χ1n) is 6.84. The molecule has 1 aromatic heterocycles. The van der Waals surface area contributed by atoms with Crippen LogP contribution in [0.5, 0.6) is 0 Å². The lowest BCUT2D eigenvalue weighted by Gasteiger charge is -2.32. The number of fused-ring (bicyclic) bond motifs is 1. The fourth-order valence-electron chi connectivity index (χ4n) is 2.97. The lowest BCUT2D eigenvalue weighted by atomic mass is 9.80. The van der Waals surface area contributed by atoms with Crippen molar-refractivity contribution in [3.8, 4) is 0 Å². The van der Waals surface area contributed by atoms with E-state index in [2.05, 4.69) is 24.1 Å². The maximum atomic E-state index is 5.72. The Morgan fingerprint density at radius 2 is 2.06 bits per heavy atom. The Bertz CT molecular complexity index is 501. The largest absolute Gasteiger partial charge is 0.424 e. The first-order valence-corrected chi connectivity index (χ1v) is 6.84. The van der Waals surface area contributed by atoms with Gasteiger partial charge in [0.25, 0.3) is 6.01 Å². The molecule has 2 aromatic rings. The van der Waals surface area contributed by atoms with E-state index in [1.165, 1.54) is 19.3 Å². The van der Waals surface area contributed by atoms with E-state index in [9.17, 15) is 0 Å². The average Bonchev–Trinajstić information content (AvgIpc) is 2.75. The van der Waals surface area contributed by atoms with Gasteiger partial charge in [0.1, 0.15) is 5.52 Å². The molecule has 0 amide bonds. The molecule has 3 unspecified atom stereocenters. The molecule has 0 bridgehead atoms. The van der Waals surface area contributed by atoms with Gasteiger partial charge in [-0.15, -0.1) is 0 Å². The van der Waals surface area contributed by atoms with Gasteiger partial charge in [-0.05, 0) is 43.2 Å². The smallest absolute Gasteiger partial charge is 0.295 e. The van der Waals surface area contributed by atoms with Crippen molar-refractivity contribution >= 4 is 17.1 Å². The van der Waals surface area contributed by atoms with Crippen molar-refractivity contribution in [2.24, 2.45) is 11.8 Å². The molecule has 1 heterocycles. The number of rotatable bonds is 2. The van der Waals surface area contributed by atoms with E-state index in [0.29, 0.717) is 18.0 Å². The van der Waals surface area contributed by atoms with Crippen LogP contribution in [0.25, 0.3) is 11.1 Å². The minimum Gasteiger partial charge on any atom is -0.424 e. The molecule has 18 heavy (non-hydrogen) atoms. The molecule has 3 nitrogen and oxygen atoms in total. The van der Waals surface area contributed by atoms with Crippen LogP contribution in [-0.2, 0) is 0 Å². The third-order valence-electron chi connectivity index (χ3n) is 4.03. The van der Waals surface area contributed by atoms with Gasteiger partial charge in [-0.2, -0.15) is 4.98 Å². The highest BCUT2D eigenvalue weighted by Gasteiger charge is 2.26. The molecule has 1 saturated carbocycles. The van der Waals surface area contributed by atoms with Crippen LogP contribution < -0.4 is 5.32 Å².